The molecule has 1 saturated heterocycles. The smallest absolute Gasteiger partial charge is 0.427 e. The molecule has 3 heterocycles. The van der Waals surface area contributed by atoms with Crippen LogP contribution in [-0.2, 0) is 0 Å². The topological polar surface area (TPSA) is 131 Å². The number of aromatic nitrogens is 4. The van der Waals surface area contributed by atoms with Crippen LogP contribution in [0.1, 0.15) is 22.3 Å². The summed E-state index contributed by atoms with van der Waals surface area (Å²) in [6, 6.07) is 16.3. The molecule has 0 spiro atoms. The fourth-order valence-corrected chi connectivity index (χ4v) is 6.18. The first kappa shape index (κ1) is 30.7. The average Bonchev–Trinajstić information content (AvgIpc) is 3.07. The van der Waals surface area contributed by atoms with Crippen LogP contribution in [0.2, 0.25) is 0 Å². The molecule has 6 rings (SSSR count). The van der Waals surface area contributed by atoms with Gasteiger partial charge in [0.2, 0.25) is 5.82 Å². The molecule has 1 fully saturated rings. The third kappa shape index (κ3) is 5.40. The number of benzene rings is 3. The molecule has 3 aromatic carbocycles. The molecule has 4 amide bonds. The highest BCUT2D eigenvalue weighted by Crippen LogP contribution is 2.38. The van der Waals surface area contributed by atoms with Crippen molar-refractivity contribution in [1.82, 2.24) is 29.3 Å². The van der Waals surface area contributed by atoms with Crippen LogP contribution in [0.4, 0.5) is 26.9 Å². The second kappa shape index (κ2) is 12.2. The van der Waals surface area contributed by atoms with Crippen molar-refractivity contribution in [3.8, 4) is 11.8 Å². The summed E-state index contributed by atoms with van der Waals surface area (Å²) in [7, 11) is 2.99. The number of quaternary nitrogens is 1. The monoisotopic (exact) mass is 621 g/mol. The summed E-state index contributed by atoms with van der Waals surface area (Å²) < 4.78 is 10.9. The minimum atomic E-state index is -0.350. The van der Waals surface area contributed by atoms with E-state index in [-0.39, 0.29) is 39.9 Å². The number of hydrogen-bond acceptors (Lipinski definition) is 8. The molecule has 0 radical (unpaired) electrons. The lowest BCUT2D eigenvalue weighted by atomic mass is 9.95. The zero-order chi connectivity index (χ0) is 32.6. The quantitative estimate of drug-likeness (QED) is 0.232. The highest BCUT2D eigenvalue weighted by molar-refractivity contribution is 6.00. The molecule has 0 unspecified atom stereocenters. The van der Waals surface area contributed by atoms with Gasteiger partial charge < -0.3 is 14.4 Å². The minimum absolute atomic E-state index is 0.0271. The minimum Gasteiger partial charge on any atom is -0.478 e. The highest BCUT2D eigenvalue weighted by Gasteiger charge is 2.46. The van der Waals surface area contributed by atoms with Crippen LogP contribution in [0.5, 0.6) is 11.8 Å². The zero-order valence-corrected chi connectivity index (χ0v) is 26.8. The van der Waals surface area contributed by atoms with Gasteiger partial charge in [-0.15, -0.1) is 0 Å². The van der Waals surface area contributed by atoms with Crippen LogP contribution >= 0.6 is 0 Å². The number of rotatable bonds is 5. The van der Waals surface area contributed by atoms with E-state index in [2.05, 4.69) is 50.5 Å². The van der Waals surface area contributed by atoms with Gasteiger partial charge in [0.05, 0.1) is 49.4 Å². The van der Waals surface area contributed by atoms with Gasteiger partial charge in [-0.25, -0.2) is 34.0 Å². The second-order valence-corrected chi connectivity index (χ2v) is 11.5. The second-order valence-electron chi connectivity index (χ2n) is 11.5. The molecule has 0 atom stereocenters. The Morgan fingerprint density at radius 2 is 1.13 bits per heavy atom. The summed E-state index contributed by atoms with van der Waals surface area (Å²) in [5.74, 6) is 0.923. The van der Waals surface area contributed by atoms with Gasteiger partial charge in [0.1, 0.15) is 18.8 Å². The first-order valence-electron chi connectivity index (χ1n) is 15.1. The molecule has 1 aliphatic heterocycles. The molecular formula is C34H37N8O4+. The van der Waals surface area contributed by atoms with Crippen molar-refractivity contribution in [2.75, 3.05) is 51.0 Å². The van der Waals surface area contributed by atoms with E-state index in [4.69, 9.17) is 9.47 Å². The Hall–Kier alpha value is -5.36. The molecule has 0 saturated carbocycles. The Balaban J connectivity index is 1.33. The van der Waals surface area contributed by atoms with Crippen molar-refractivity contribution in [1.29, 1.82) is 0 Å². The summed E-state index contributed by atoms with van der Waals surface area (Å²) in [6.07, 6.45) is 0. The summed E-state index contributed by atoms with van der Waals surface area (Å²) in [5, 5.41) is 5.93. The normalized spacial score (nSPS) is 14.3. The number of nitrogens with one attached hydrogen (secondary N) is 2. The van der Waals surface area contributed by atoms with Gasteiger partial charge in [0.15, 0.2) is 5.82 Å². The average molecular weight is 622 g/mol. The van der Waals surface area contributed by atoms with Gasteiger partial charge in [-0.05, 0) is 63.1 Å². The standard InChI is InChI=1S/C34H36N8O4/c1-20-19-21(2)23(4)28(22(20)3)42(34(44)40-30-32(46-6)38-27-14-10-8-12-25(27)36-30)17-15-41(16-18-42)33(43)39-29-31(45-5)37-26-13-9-7-11-24(26)35-29/h7-14,19H,15-18H2,1-6H3,(H-,35,36,39,40,43,44)/p+1. The fourth-order valence-electron chi connectivity index (χ4n) is 6.18. The highest BCUT2D eigenvalue weighted by atomic mass is 16.5. The van der Waals surface area contributed by atoms with Gasteiger partial charge in [-0.2, -0.15) is 0 Å². The van der Waals surface area contributed by atoms with E-state index in [0.717, 1.165) is 27.9 Å². The number of fused-ring (bicyclic) bond motifs is 2. The molecule has 2 N–H and O–H groups in total. The van der Waals surface area contributed by atoms with Crippen LogP contribution < -0.4 is 24.6 Å². The molecule has 0 aliphatic carbocycles. The number of para-hydroxylation sites is 4. The largest absolute Gasteiger partial charge is 0.478 e. The lowest BCUT2D eigenvalue weighted by Crippen LogP contribution is -2.66. The first-order valence-corrected chi connectivity index (χ1v) is 15.1. The molecule has 12 nitrogen and oxygen atoms in total. The van der Waals surface area contributed by atoms with Crippen molar-refractivity contribution < 1.29 is 19.1 Å². The van der Waals surface area contributed by atoms with Crippen LogP contribution in [0.15, 0.2) is 54.6 Å². The van der Waals surface area contributed by atoms with Gasteiger partial charge >= 0.3 is 12.1 Å². The molecule has 12 heteroatoms. The molecule has 5 aromatic rings. The van der Waals surface area contributed by atoms with Gasteiger partial charge in [-0.1, -0.05) is 30.3 Å². The van der Waals surface area contributed by atoms with Crippen molar-refractivity contribution in [3.05, 3.63) is 76.9 Å². The SMILES string of the molecule is COc1nc2ccccc2nc1NC(=O)N1CC[N+](C(=O)Nc2nc3ccccc3nc2OC)(c2c(C)c(C)cc(C)c2C)CC1. The first-order chi connectivity index (χ1) is 22.1. The number of anilines is 2. The van der Waals surface area contributed by atoms with Crippen molar-refractivity contribution in [2.45, 2.75) is 27.7 Å². The van der Waals surface area contributed by atoms with Crippen LogP contribution in [0.25, 0.3) is 22.1 Å². The van der Waals surface area contributed by atoms with Crippen LogP contribution in [-0.4, -0.2) is 77.3 Å². The Labute approximate surface area is 267 Å². The van der Waals surface area contributed by atoms with E-state index in [9.17, 15) is 9.59 Å². The number of aryl methyl sites for hydroxylation is 2. The van der Waals surface area contributed by atoms with Crippen molar-refractivity contribution >= 4 is 51.5 Å². The number of carbonyl (C=O) groups is 2. The number of urea groups is 2. The number of hydrogen-bond donors (Lipinski definition) is 2. The van der Waals surface area contributed by atoms with E-state index < -0.39 is 0 Å². The lowest BCUT2D eigenvalue weighted by molar-refractivity contribution is 0.156. The maximum absolute atomic E-state index is 14.6. The zero-order valence-electron chi connectivity index (χ0n) is 26.8. The molecule has 1 aliphatic rings. The number of piperazine rings is 1. The summed E-state index contributed by atoms with van der Waals surface area (Å²) in [5.41, 5.74) is 7.76. The Morgan fingerprint density at radius 3 is 1.59 bits per heavy atom. The fraction of sp³-hybridized carbons (Fsp3) is 0.294. The number of methoxy groups -OCH3 is 2. The van der Waals surface area contributed by atoms with E-state index in [1.165, 1.54) is 14.2 Å². The predicted octanol–water partition coefficient (Wildman–Crippen LogP) is 5.91. The van der Waals surface area contributed by atoms with Gasteiger partial charge in [0, 0.05) is 11.1 Å². The van der Waals surface area contributed by atoms with Gasteiger partial charge in [-0.3, -0.25) is 10.6 Å². The number of amides is 4. The van der Waals surface area contributed by atoms with E-state index in [0.29, 0.717) is 48.2 Å². The van der Waals surface area contributed by atoms with Gasteiger partial charge in [0.25, 0.3) is 11.8 Å². The molecule has 0 bridgehead atoms. The molecule has 46 heavy (non-hydrogen) atoms. The van der Waals surface area contributed by atoms with Crippen LogP contribution in [0.3, 0.4) is 0 Å². The molecule has 236 valence electrons. The van der Waals surface area contributed by atoms with E-state index >= 15 is 0 Å². The summed E-state index contributed by atoms with van der Waals surface area (Å²) in [4.78, 5) is 48.2. The summed E-state index contributed by atoms with van der Waals surface area (Å²) >= 11 is 0. The predicted molar refractivity (Wildman–Crippen MR) is 179 cm³/mol. The Morgan fingerprint density at radius 1 is 0.696 bits per heavy atom. The van der Waals surface area contributed by atoms with Crippen molar-refractivity contribution in [3.63, 3.8) is 0 Å². The molecule has 2 aromatic heterocycles. The third-order valence-corrected chi connectivity index (χ3v) is 8.85. The maximum Gasteiger partial charge on any atom is 0.427 e. The third-order valence-electron chi connectivity index (χ3n) is 8.85. The Kier molecular flexibility index (Phi) is 8.13. The number of ether oxygens (including phenoxy) is 2. The van der Waals surface area contributed by atoms with E-state index in [1.807, 2.05) is 62.4 Å². The molecular weight excluding hydrogens is 584 g/mol. The maximum atomic E-state index is 14.6. The van der Waals surface area contributed by atoms with Crippen LogP contribution in [0, 0.1) is 27.7 Å². The summed E-state index contributed by atoms with van der Waals surface area (Å²) in [6.45, 7) is 9.46. The van der Waals surface area contributed by atoms with Crippen molar-refractivity contribution in [2.24, 2.45) is 0 Å². The number of nitrogens with zero attached hydrogens (tertiary/aromatic N) is 6. The van der Waals surface area contributed by atoms with E-state index in [1.54, 1.807) is 4.90 Å². The number of carbonyl (C=O) groups excluding carboxylic acids is 2. The Bertz CT molecular complexity index is 1960. The lowest BCUT2D eigenvalue weighted by Gasteiger charge is -2.43.